The van der Waals surface area contributed by atoms with Crippen molar-refractivity contribution in [1.82, 2.24) is 25.3 Å². The van der Waals surface area contributed by atoms with E-state index in [0.717, 1.165) is 37.3 Å². The second kappa shape index (κ2) is 4.87. The van der Waals surface area contributed by atoms with Crippen molar-refractivity contribution in [3.8, 4) is 0 Å². The lowest BCUT2D eigenvalue weighted by Crippen LogP contribution is -2.39. The van der Waals surface area contributed by atoms with E-state index in [1.165, 1.54) is 0 Å². The van der Waals surface area contributed by atoms with Crippen LogP contribution in [0.25, 0.3) is 0 Å². The van der Waals surface area contributed by atoms with Crippen LogP contribution in [0.4, 0.5) is 0 Å². The number of nitrogens with zero attached hydrogens (tertiary/aromatic N) is 3. The van der Waals surface area contributed by atoms with Crippen LogP contribution < -0.4 is 0 Å². The highest BCUT2D eigenvalue weighted by molar-refractivity contribution is 5.92. The molecule has 0 radical (unpaired) electrons. The lowest BCUT2D eigenvalue weighted by atomic mass is 9.95. The number of H-pyrrole nitrogens is 2. The van der Waals surface area contributed by atoms with Crippen molar-refractivity contribution >= 4 is 5.91 Å². The molecule has 0 saturated carbocycles. The van der Waals surface area contributed by atoms with E-state index in [0.29, 0.717) is 11.6 Å². The summed E-state index contributed by atoms with van der Waals surface area (Å²) >= 11 is 0. The van der Waals surface area contributed by atoms with Crippen LogP contribution >= 0.6 is 0 Å². The van der Waals surface area contributed by atoms with Gasteiger partial charge in [-0.15, -0.1) is 0 Å². The molecule has 19 heavy (non-hydrogen) atoms. The van der Waals surface area contributed by atoms with Crippen molar-refractivity contribution in [3.05, 3.63) is 35.4 Å². The Morgan fingerprint density at radius 3 is 3.05 bits per heavy atom. The maximum absolute atomic E-state index is 12.3. The number of carbonyl (C=O) groups is 1. The summed E-state index contributed by atoms with van der Waals surface area (Å²) in [5, 5.41) is 13.8. The maximum atomic E-state index is 12.3. The lowest BCUT2D eigenvalue weighted by Gasteiger charge is -2.31. The molecule has 1 atom stereocenters. The zero-order valence-electron chi connectivity index (χ0n) is 10.9. The van der Waals surface area contributed by atoms with Crippen molar-refractivity contribution < 1.29 is 4.79 Å². The van der Waals surface area contributed by atoms with Gasteiger partial charge in [-0.2, -0.15) is 10.2 Å². The predicted octanol–water partition coefficient (Wildman–Crippen LogP) is 1.46. The molecule has 3 heterocycles. The minimum absolute atomic E-state index is 0.00793. The molecule has 1 amide bonds. The molecule has 0 aliphatic carbocycles. The molecular weight excluding hydrogens is 242 g/mol. The number of carbonyl (C=O) groups excluding carboxylic acids is 1. The second-order valence-electron chi connectivity index (χ2n) is 5.04. The van der Waals surface area contributed by atoms with Crippen molar-refractivity contribution in [2.24, 2.45) is 0 Å². The first-order chi connectivity index (χ1) is 9.24. The summed E-state index contributed by atoms with van der Waals surface area (Å²) in [6.07, 6.45) is 3.86. The maximum Gasteiger partial charge on any atom is 0.274 e. The fourth-order valence-corrected chi connectivity index (χ4v) is 2.60. The summed E-state index contributed by atoms with van der Waals surface area (Å²) in [4.78, 5) is 14.2. The van der Waals surface area contributed by atoms with Gasteiger partial charge < -0.3 is 4.90 Å². The van der Waals surface area contributed by atoms with Crippen LogP contribution in [0.1, 0.15) is 40.6 Å². The van der Waals surface area contributed by atoms with Gasteiger partial charge in [0, 0.05) is 36.6 Å². The van der Waals surface area contributed by atoms with Crippen molar-refractivity contribution in [3.63, 3.8) is 0 Å². The van der Waals surface area contributed by atoms with Crippen molar-refractivity contribution in [1.29, 1.82) is 0 Å². The highest BCUT2D eigenvalue weighted by atomic mass is 16.2. The summed E-state index contributed by atoms with van der Waals surface area (Å²) in [5.74, 6) is 0.355. The standard InChI is InChI=1S/C13H17N5O/c1-9-7-12(17-15-9)13(19)18-6-2-3-10(8-18)11-4-5-14-16-11/h4-5,7,10H,2-3,6,8H2,1H3,(H,14,16)(H,15,17)/t10-/m1/s1. The zero-order valence-corrected chi connectivity index (χ0v) is 10.9. The van der Waals surface area contributed by atoms with Crippen LogP contribution in [-0.2, 0) is 0 Å². The third-order valence-electron chi connectivity index (χ3n) is 3.60. The van der Waals surface area contributed by atoms with Crippen LogP contribution in [0, 0.1) is 6.92 Å². The highest BCUT2D eigenvalue weighted by Gasteiger charge is 2.27. The summed E-state index contributed by atoms with van der Waals surface area (Å²) in [5.41, 5.74) is 2.52. The Hall–Kier alpha value is -2.11. The number of aryl methyl sites for hydroxylation is 1. The monoisotopic (exact) mass is 259 g/mol. The number of aromatic amines is 2. The van der Waals surface area contributed by atoms with Gasteiger partial charge in [0.15, 0.2) is 0 Å². The molecule has 6 nitrogen and oxygen atoms in total. The summed E-state index contributed by atoms with van der Waals surface area (Å²) in [6.45, 7) is 3.43. The fraction of sp³-hybridized carbons (Fsp3) is 0.462. The molecule has 0 unspecified atom stereocenters. The predicted molar refractivity (Wildman–Crippen MR) is 69.8 cm³/mol. The van der Waals surface area contributed by atoms with Gasteiger partial charge in [0.2, 0.25) is 0 Å². The number of rotatable bonds is 2. The Kier molecular flexibility index (Phi) is 3.06. The molecule has 2 N–H and O–H groups in total. The summed E-state index contributed by atoms with van der Waals surface area (Å²) < 4.78 is 0. The van der Waals surface area contributed by atoms with E-state index < -0.39 is 0 Å². The molecule has 0 bridgehead atoms. The normalized spacial score (nSPS) is 19.6. The van der Waals surface area contributed by atoms with Gasteiger partial charge in [0.1, 0.15) is 5.69 Å². The van der Waals surface area contributed by atoms with E-state index in [1.54, 1.807) is 12.3 Å². The molecule has 1 fully saturated rings. The lowest BCUT2D eigenvalue weighted by molar-refractivity contribution is 0.0700. The number of likely N-dealkylation sites (tertiary alicyclic amines) is 1. The average Bonchev–Trinajstić information content (AvgIpc) is 3.09. The molecule has 6 heteroatoms. The van der Waals surface area contributed by atoms with E-state index in [-0.39, 0.29) is 5.91 Å². The molecule has 0 aromatic carbocycles. The Morgan fingerprint density at radius 2 is 2.37 bits per heavy atom. The van der Waals surface area contributed by atoms with Gasteiger partial charge in [-0.3, -0.25) is 15.0 Å². The number of aromatic nitrogens is 4. The molecule has 1 aliphatic heterocycles. The van der Waals surface area contributed by atoms with Crippen LogP contribution in [0.2, 0.25) is 0 Å². The zero-order chi connectivity index (χ0) is 13.2. The van der Waals surface area contributed by atoms with Crippen molar-refractivity contribution in [2.45, 2.75) is 25.7 Å². The first-order valence-corrected chi connectivity index (χ1v) is 6.54. The number of amides is 1. The number of piperidine rings is 1. The molecule has 0 spiro atoms. The van der Waals surface area contributed by atoms with Crippen LogP contribution in [0.5, 0.6) is 0 Å². The van der Waals surface area contributed by atoms with Gasteiger partial charge >= 0.3 is 0 Å². The van der Waals surface area contributed by atoms with Crippen LogP contribution in [0.3, 0.4) is 0 Å². The average molecular weight is 259 g/mol. The van der Waals surface area contributed by atoms with Gasteiger partial charge in [0.05, 0.1) is 0 Å². The summed E-state index contributed by atoms with van der Waals surface area (Å²) in [7, 11) is 0. The quantitative estimate of drug-likeness (QED) is 0.857. The Morgan fingerprint density at radius 1 is 1.47 bits per heavy atom. The largest absolute Gasteiger partial charge is 0.337 e. The van der Waals surface area contributed by atoms with Gasteiger partial charge in [-0.1, -0.05) is 0 Å². The topological polar surface area (TPSA) is 77.7 Å². The van der Waals surface area contributed by atoms with Crippen molar-refractivity contribution in [2.75, 3.05) is 13.1 Å². The van der Waals surface area contributed by atoms with E-state index in [1.807, 2.05) is 17.9 Å². The minimum atomic E-state index is 0.00793. The SMILES string of the molecule is Cc1cc(C(=O)N2CCC[C@@H](c3ccn[nH]3)C2)n[nH]1. The first kappa shape index (κ1) is 12.0. The van der Waals surface area contributed by atoms with Gasteiger partial charge in [-0.05, 0) is 31.9 Å². The Labute approximate surface area is 111 Å². The smallest absolute Gasteiger partial charge is 0.274 e. The molecule has 2 aromatic rings. The van der Waals surface area contributed by atoms with E-state index >= 15 is 0 Å². The molecule has 2 aromatic heterocycles. The number of nitrogens with one attached hydrogen (secondary N) is 2. The highest BCUT2D eigenvalue weighted by Crippen LogP contribution is 2.25. The van der Waals surface area contributed by atoms with E-state index in [9.17, 15) is 4.79 Å². The molecule has 1 saturated heterocycles. The molecular formula is C13H17N5O. The molecule has 3 rings (SSSR count). The van der Waals surface area contributed by atoms with Crippen LogP contribution in [0.15, 0.2) is 18.3 Å². The van der Waals surface area contributed by atoms with E-state index in [2.05, 4.69) is 20.4 Å². The molecule has 1 aliphatic rings. The van der Waals surface area contributed by atoms with Crippen LogP contribution in [-0.4, -0.2) is 44.3 Å². The minimum Gasteiger partial charge on any atom is -0.337 e. The summed E-state index contributed by atoms with van der Waals surface area (Å²) in [6, 6.07) is 3.78. The van der Waals surface area contributed by atoms with Gasteiger partial charge in [-0.25, -0.2) is 0 Å². The fourth-order valence-electron chi connectivity index (χ4n) is 2.60. The van der Waals surface area contributed by atoms with Gasteiger partial charge in [0.25, 0.3) is 5.91 Å². The third kappa shape index (κ3) is 2.38. The molecule has 100 valence electrons. The number of hydrogen-bond donors (Lipinski definition) is 2. The number of hydrogen-bond acceptors (Lipinski definition) is 3. The Bertz CT molecular complexity index is 559. The second-order valence-corrected chi connectivity index (χ2v) is 5.04. The first-order valence-electron chi connectivity index (χ1n) is 6.54. The van der Waals surface area contributed by atoms with E-state index in [4.69, 9.17) is 0 Å². The third-order valence-corrected chi connectivity index (χ3v) is 3.60. The Balaban J connectivity index is 1.73.